The molecule has 0 saturated carbocycles. The predicted molar refractivity (Wildman–Crippen MR) is 71.2 cm³/mol. The summed E-state index contributed by atoms with van der Waals surface area (Å²) < 4.78 is 2.08. The normalized spacial score (nSPS) is 24.3. The van der Waals surface area contributed by atoms with E-state index in [2.05, 4.69) is 26.3 Å². The van der Waals surface area contributed by atoms with Crippen LogP contribution in [0.15, 0.2) is 12.4 Å². The SMILES string of the molecule is CC(O)CN1CCN(Cc2nccn2C)CC1C. The average Bonchev–Trinajstić information content (AvgIpc) is 2.68. The minimum atomic E-state index is -0.242. The number of aryl methyl sites for hydroxylation is 1. The number of β-amino-alcohol motifs (C(OH)–C–C–N with tert-alkyl or cyclic N) is 1. The van der Waals surface area contributed by atoms with E-state index in [0.717, 1.165) is 38.5 Å². The van der Waals surface area contributed by atoms with Gasteiger partial charge in [-0.1, -0.05) is 0 Å². The van der Waals surface area contributed by atoms with Gasteiger partial charge in [-0.25, -0.2) is 4.98 Å². The molecule has 1 aromatic rings. The zero-order chi connectivity index (χ0) is 13.1. The van der Waals surface area contributed by atoms with E-state index in [4.69, 9.17) is 0 Å². The maximum atomic E-state index is 9.46. The molecule has 1 N–H and O–H groups in total. The molecule has 0 radical (unpaired) electrons. The van der Waals surface area contributed by atoms with E-state index in [0.29, 0.717) is 6.04 Å². The molecule has 2 atom stereocenters. The smallest absolute Gasteiger partial charge is 0.122 e. The number of aliphatic hydroxyl groups excluding tert-OH is 1. The molecule has 1 aliphatic heterocycles. The molecule has 5 nitrogen and oxygen atoms in total. The summed E-state index contributed by atoms with van der Waals surface area (Å²) in [5, 5.41) is 9.46. The minimum absolute atomic E-state index is 0.242. The Balaban J connectivity index is 1.86. The van der Waals surface area contributed by atoms with E-state index >= 15 is 0 Å². The van der Waals surface area contributed by atoms with Crippen molar-refractivity contribution in [2.45, 2.75) is 32.5 Å². The van der Waals surface area contributed by atoms with Gasteiger partial charge in [0, 0.05) is 51.7 Å². The number of imidazole rings is 1. The van der Waals surface area contributed by atoms with Crippen molar-refractivity contribution in [3.05, 3.63) is 18.2 Å². The van der Waals surface area contributed by atoms with Gasteiger partial charge in [0.05, 0.1) is 12.6 Å². The van der Waals surface area contributed by atoms with Gasteiger partial charge < -0.3 is 9.67 Å². The number of rotatable bonds is 4. The fourth-order valence-corrected chi connectivity index (χ4v) is 2.57. The van der Waals surface area contributed by atoms with Gasteiger partial charge in [-0.05, 0) is 13.8 Å². The zero-order valence-corrected chi connectivity index (χ0v) is 11.6. The van der Waals surface area contributed by atoms with Crippen molar-refractivity contribution in [2.24, 2.45) is 7.05 Å². The number of hydrogen-bond donors (Lipinski definition) is 1. The Hall–Kier alpha value is -0.910. The fraction of sp³-hybridized carbons (Fsp3) is 0.769. The van der Waals surface area contributed by atoms with Crippen molar-refractivity contribution in [1.29, 1.82) is 0 Å². The summed E-state index contributed by atoms with van der Waals surface area (Å²) in [7, 11) is 2.04. The van der Waals surface area contributed by atoms with Crippen LogP contribution in [0.25, 0.3) is 0 Å². The van der Waals surface area contributed by atoms with Crippen LogP contribution < -0.4 is 0 Å². The lowest BCUT2D eigenvalue weighted by molar-refractivity contribution is 0.0411. The molecule has 2 rings (SSSR count). The molecular formula is C13H24N4O. The minimum Gasteiger partial charge on any atom is -0.392 e. The first kappa shape index (κ1) is 13.5. The van der Waals surface area contributed by atoms with Gasteiger partial charge in [0.15, 0.2) is 0 Å². The van der Waals surface area contributed by atoms with Crippen LogP contribution in [0.5, 0.6) is 0 Å². The monoisotopic (exact) mass is 252 g/mol. The highest BCUT2D eigenvalue weighted by Crippen LogP contribution is 2.12. The number of aliphatic hydroxyl groups is 1. The van der Waals surface area contributed by atoms with Crippen molar-refractivity contribution in [1.82, 2.24) is 19.4 Å². The second kappa shape index (κ2) is 5.82. The lowest BCUT2D eigenvalue weighted by atomic mass is 10.1. The van der Waals surface area contributed by atoms with Gasteiger partial charge in [-0.2, -0.15) is 0 Å². The molecule has 18 heavy (non-hydrogen) atoms. The fourth-order valence-electron chi connectivity index (χ4n) is 2.57. The highest BCUT2D eigenvalue weighted by Gasteiger charge is 2.24. The average molecular weight is 252 g/mol. The summed E-state index contributed by atoms with van der Waals surface area (Å²) in [4.78, 5) is 9.17. The third-order valence-electron chi connectivity index (χ3n) is 3.63. The van der Waals surface area contributed by atoms with Crippen LogP contribution in [0.2, 0.25) is 0 Å². The van der Waals surface area contributed by atoms with Crippen LogP contribution in [-0.2, 0) is 13.6 Å². The molecule has 1 fully saturated rings. The van der Waals surface area contributed by atoms with Crippen LogP contribution >= 0.6 is 0 Å². The number of nitrogens with zero attached hydrogens (tertiary/aromatic N) is 4. The van der Waals surface area contributed by atoms with Gasteiger partial charge in [-0.15, -0.1) is 0 Å². The summed E-state index contributed by atoms with van der Waals surface area (Å²) >= 11 is 0. The summed E-state index contributed by atoms with van der Waals surface area (Å²) in [5.74, 6) is 1.12. The van der Waals surface area contributed by atoms with E-state index in [1.54, 1.807) is 0 Å². The van der Waals surface area contributed by atoms with E-state index in [1.807, 2.05) is 26.4 Å². The number of piperazine rings is 1. The molecule has 1 aliphatic rings. The Morgan fingerprint density at radius 2 is 2.28 bits per heavy atom. The Morgan fingerprint density at radius 1 is 1.50 bits per heavy atom. The third-order valence-corrected chi connectivity index (χ3v) is 3.63. The van der Waals surface area contributed by atoms with Gasteiger partial charge >= 0.3 is 0 Å². The topological polar surface area (TPSA) is 44.5 Å². The molecular weight excluding hydrogens is 228 g/mol. The van der Waals surface area contributed by atoms with E-state index < -0.39 is 0 Å². The number of hydrogen-bond acceptors (Lipinski definition) is 4. The summed E-state index contributed by atoms with van der Waals surface area (Å²) in [6.07, 6.45) is 3.60. The van der Waals surface area contributed by atoms with Crippen LogP contribution in [0.3, 0.4) is 0 Å². The van der Waals surface area contributed by atoms with Crippen LogP contribution in [0.4, 0.5) is 0 Å². The van der Waals surface area contributed by atoms with E-state index in [-0.39, 0.29) is 6.10 Å². The first-order chi connectivity index (χ1) is 8.56. The second-order valence-electron chi connectivity index (χ2n) is 5.38. The highest BCUT2D eigenvalue weighted by atomic mass is 16.3. The first-order valence-corrected chi connectivity index (χ1v) is 6.67. The number of aromatic nitrogens is 2. The first-order valence-electron chi connectivity index (χ1n) is 6.67. The Bertz CT molecular complexity index is 377. The van der Waals surface area contributed by atoms with Gasteiger partial charge in [-0.3, -0.25) is 9.80 Å². The van der Waals surface area contributed by atoms with Crippen molar-refractivity contribution < 1.29 is 5.11 Å². The second-order valence-corrected chi connectivity index (χ2v) is 5.38. The lowest BCUT2D eigenvalue weighted by Crippen LogP contribution is -2.53. The van der Waals surface area contributed by atoms with Gasteiger partial charge in [0.1, 0.15) is 5.82 Å². The van der Waals surface area contributed by atoms with Crippen molar-refractivity contribution >= 4 is 0 Å². The van der Waals surface area contributed by atoms with Crippen molar-refractivity contribution in [3.63, 3.8) is 0 Å². The standard InChI is InChI=1S/C13H24N4O/c1-11-8-16(6-7-17(11)9-12(2)18)10-13-14-4-5-15(13)3/h4-5,11-12,18H,6-10H2,1-3H3. The van der Waals surface area contributed by atoms with Gasteiger partial charge in [0.2, 0.25) is 0 Å². The molecule has 0 amide bonds. The van der Waals surface area contributed by atoms with Crippen LogP contribution in [0, 0.1) is 0 Å². The zero-order valence-electron chi connectivity index (χ0n) is 11.6. The highest BCUT2D eigenvalue weighted by molar-refractivity contribution is 4.92. The molecule has 102 valence electrons. The van der Waals surface area contributed by atoms with Crippen molar-refractivity contribution in [2.75, 3.05) is 26.2 Å². The maximum absolute atomic E-state index is 9.46. The Morgan fingerprint density at radius 3 is 2.83 bits per heavy atom. The summed E-state index contributed by atoms with van der Waals surface area (Å²) in [5.41, 5.74) is 0. The molecule has 0 bridgehead atoms. The largest absolute Gasteiger partial charge is 0.392 e. The third kappa shape index (κ3) is 3.31. The molecule has 0 spiro atoms. The molecule has 0 aromatic carbocycles. The Labute approximate surface area is 109 Å². The predicted octanol–water partition coefficient (Wildman–Crippen LogP) is 0.307. The molecule has 2 heterocycles. The summed E-state index contributed by atoms with van der Waals surface area (Å²) in [6.45, 7) is 8.88. The van der Waals surface area contributed by atoms with Crippen LogP contribution in [0.1, 0.15) is 19.7 Å². The van der Waals surface area contributed by atoms with E-state index in [1.165, 1.54) is 0 Å². The molecule has 1 saturated heterocycles. The molecule has 2 unspecified atom stereocenters. The molecule has 5 heteroatoms. The maximum Gasteiger partial charge on any atom is 0.122 e. The van der Waals surface area contributed by atoms with E-state index in [9.17, 15) is 5.11 Å². The van der Waals surface area contributed by atoms with Crippen LogP contribution in [-0.4, -0.2) is 62.8 Å². The van der Waals surface area contributed by atoms with Crippen molar-refractivity contribution in [3.8, 4) is 0 Å². The van der Waals surface area contributed by atoms with Gasteiger partial charge in [0.25, 0.3) is 0 Å². The Kier molecular flexibility index (Phi) is 4.37. The summed E-state index contributed by atoms with van der Waals surface area (Å²) in [6, 6.07) is 0.494. The molecule has 0 aliphatic carbocycles. The molecule has 1 aromatic heterocycles. The lowest BCUT2D eigenvalue weighted by Gasteiger charge is -2.40. The quantitative estimate of drug-likeness (QED) is 0.837.